The smallest absolute Gasteiger partial charge is 0.340 e. The van der Waals surface area contributed by atoms with Gasteiger partial charge in [-0.1, -0.05) is 18.2 Å². The number of hydrogen-bond acceptors (Lipinski definition) is 5. The predicted molar refractivity (Wildman–Crippen MR) is 138 cm³/mol. The van der Waals surface area contributed by atoms with Gasteiger partial charge in [0.1, 0.15) is 17.3 Å². The summed E-state index contributed by atoms with van der Waals surface area (Å²) < 4.78 is 26.1. The van der Waals surface area contributed by atoms with Gasteiger partial charge in [-0.15, -0.1) is 0 Å². The molecule has 5 nitrogen and oxygen atoms in total. The number of fused-ring (bicyclic) bond motifs is 6. The minimum absolute atomic E-state index is 0.298. The standard InChI is InChI=1S/C30H25FN2O3/c1-3-33(4-2)22-14-15-25-28(18-22)35-27-16-13-21(32-20-11-9-19(31)10-12-20)17-26(27)30(25)24-8-6-5-7-23(24)29(34)36-30/h5-18,32H,3-4H2,1-2H3. The Kier molecular flexibility index (Phi) is 5.18. The van der Waals surface area contributed by atoms with Gasteiger partial charge in [0.25, 0.3) is 0 Å². The Morgan fingerprint density at radius 2 is 1.56 bits per heavy atom. The number of anilines is 3. The van der Waals surface area contributed by atoms with Crippen molar-refractivity contribution in [2.24, 2.45) is 0 Å². The van der Waals surface area contributed by atoms with Gasteiger partial charge in [-0.25, -0.2) is 9.18 Å². The predicted octanol–water partition coefficient (Wildman–Crippen LogP) is 6.98. The molecule has 0 saturated carbocycles. The number of halogens is 1. The highest BCUT2D eigenvalue weighted by Gasteiger charge is 2.53. The highest BCUT2D eigenvalue weighted by molar-refractivity contribution is 5.97. The van der Waals surface area contributed by atoms with E-state index in [1.54, 1.807) is 18.2 Å². The third kappa shape index (κ3) is 3.33. The summed E-state index contributed by atoms with van der Waals surface area (Å²) in [4.78, 5) is 15.4. The van der Waals surface area contributed by atoms with Crippen LogP contribution in [0.2, 0.25) is 0 Å². The maximum Gasteiger partial charge on any atom is 0.340 e. The molecule has 0 bridgehead atoms. The van der Waals surface area contributed by atoms with Gasteiger partial charge in [-0.05, 0) is 74.5 Å². The second kappa shape index (κ2) is 8.41. The van der Waals surface area contributed by atoms with Crippen LogP contribution in [0, 0.1) is 5.82 Å². The van der Waals surface area contributed by atoms with E-state index in [0.717, 1.165) is 46.8 Å². The molecule has 1 spiro atoms. The molecule has 1 atom stereocenters. The number of ether oxygens (including phenoxy) is 2. The topological polar surface area (TPSA) is 50.8 Å². The molecular formula is C30H25FN2O3. The summed E-state index contributed by atoms with van der Waals surface area (Å²) in [7, 11) is 0. The van der Waals surface area contributed by atoms with Crippen molar-refractivity contribution in [3.05, 3.63) is 113 Å². The van der Waals surface area contributed by atoms with Crippen LogP contribution >= 0.6 is 0 Å². The minimum Gasteiger partial charge on any atom is -0.456 e. The van der Waals surface area contributed by atoms with E-state index in [1.807, 2.05) is 48.5 Å². The lowest BCUT2D eigenvalue weighted by Gasteiger charge is -2.37. The number of nitrogens with one attached hydrogen (secondary N) is 1. The number of esters is 1. The lowest BCUT2D eigenvalue weighted by molar-refractivity contribution is 0.0224. The first-order valence-corrected chi connectivity index (χ1v) is 12.1. The van der Waals surface area contributed by atoms with Gasteiger partial charge in [0, 0.05) is 52.9 Å². The van der Waals surface area contributed by atoms with Crippen LogP contribution < -0.4 is 15.0 Å². The summed E-state index contributed by atoms with van der Waals surface area (Å²) >= 11 is 0. The molecule has 0 aromatic heterocycles. The highest BCUT2D eigenvalue weighted by Crippen LogP contribution is 2.57. The van der Waals surface area contributed by atoms with Crippen LogP contribution in [0.5, 0.6) is 11.5 Å². The number of hydrogen-bond donors (Lipinski definition) is 1. The second-order valence-electron chi connectivity index (χ2n) is 8.91. The van der Waals surface area contributed by atoms with Crippen molar-refractivity contribution < 1.29 is 18.7 Å². The molecule has 180 valence electrons. The van der Waals surface area contributed by atoms with E-state index in [1.165, 1.54) is 12.1 Å². The molecule has 0 saturated heterocycles. The van der Waals surface area contributed by atoms with Crippen molar-refractivity contribution >= 4 is 23.0 Å². The van der Waals surface area contributed by atoms with E-state index < -0.39 is 5.60 Å². The van der Waals surface area contributed by atoms with E-state index in [9.17, 15) is 9.18 Å². The Morgan fingerprint density at radius 3 is 2.33 bits per heavy atom. The van der Waals surface area contributed by atoms with E-state index in [-0.39, 0.29) is 11.8 Å². The quantitative estimate of drug-likeness (QED) is 0.312. The van der Waals surface area contributed by atoms with Gasteiger partial charge in [-0.2, -0.15) is 0 Å². The minimum atomic E-state index is -1.14. The zero-order chi connectivity index (χ0) is 24.9. The van der Waals surface area contributed by atoms with Gasteiger partial charge in [-0.3, -0.25) is 0 Å². The number of carbonyl (C=O) groups excluding carboxylic acids is 1. The monoisotopic (exact) mass is 480 g/mol. The molecular weight excluding hydrogens is 455 g/mol. The highest BCUT2D eigenvalue weighted by atomic mass is 19.1. The maximum absolute atomic E-state index is 13.4. The summed E-state index contributed by atoms with van der Waals surface area (Å²) in [6.07, 6.45) is 0. The van der Waals surface area contributed by atoms with Crippen molar-refractivity contribution in [3.8, 4) is 11.5 Å². The van der Waals surface area contributed by atoms with Crippen molar-refractivity contribution in [1.82, 2.24) is 0 Å². The Hall–Kier alpha value is -4.32. The Balaban J connectivity index is 1.54. The summed E-state index contributed by atoms with van der Waals surface area (Å²) in [5, 5.41) is 3.32. The first-order valence-electron chi connectivity index (χ1n) is 12.1. The van der Waals surface area contributed by atoms with Crippen LogP contribution in [0.1, 0.15) is 40.9 Å². The van der Waals surface area contributed by atoms with Gasteiger partial charge < -0.3 is 19.7 Å². The normalized spacial score (nSPS) is 17.0. The largest absolute Gasteiger partial charge is 0.456 e. The maximum atomic E-state index is 13.4. The van der Waals surface area contributed by atoms with E-state index in [0.29, 0.717) is 17.1 Å². The molecule has 6 rings (SSSR count). The molecule has 1 unspecified atom stereocenters. The average Bonchev–Trinajstić information content (AvgIpc) is 3.19. The van der Waals surface area contributed by atoms with Crippen LogP contribution in [0.15, 0.2) is 84.9 Å². The van der Waals surface area contributed by atoms with Crippen molar-refractivity contribution in [3.63, 3.8) is 0 Å². The van der Waals surface area contributed by atoms with Crippen molar-refractivity contribution in [2.45, 2.75) is 19.4 Å². The third-order valence-corrected chi connectivity index (χ3v) is 6.96. The number of carbonyl (C=O) groups is 1. The first-order chi connectivity index (χ1) is 17.5. The molecule has 2 aliphatic rings. The van der Waals surface area contributed by atoms with Crippen LogP contribution in [0.4, 0.5) is 21.5 Å². The van der Waals surface area contributed by atoms with Crippen LogP contribution in [-0.2, 0) is 10.3 Å². The fourth-order valence-corrected chi connectivity index (χ4v) is 5.22. The summed E-state index contributed by atoms with van der Waals surface area (Å²) in [5.41, 5.74) is 4.26. The number of benzene rings is 4. The average molecular weight is 481 g/mol. The van der Waals surface area contributed by atoms with Crippen molar-refractivity contribution in [1.29, 1.82) is 0 Å². The molecule has 6 heteroatoms. The lowest BCUT2D eigenvalue weighted by atomic mass is 9.77. The molecule has 2 aliphatic heterocycles. The molecule has 2 heterocycles. The Labute approximate surface area is 209 Å². The Morgan fingerprint density at radius 1 is 0.806 bits per heavy atom. The second-order valence-corrected chi connectivity index (χ2v) is 8.91. The molecule has 1 N–H and O–H groups in total. The zero-order valence-electron chi connectivity index (χ0n) is 20.0. The Bertz CT molecular complexity index is 1480. The van der Waals surface area contributed by atoms with E-state index in [2.05, 4.69) is 30.1 Å². The molecule has 36 heavy (non-hydrogen) atoms. The molecule has 0 fully saturated rings. The fraction of sp³-hybridized carbons (Fsp3) is 0.167. The van der Waals surface area contributed by atoms with Gasteiger partial charge in [0.05, 0.1) is 5.56 Å². The zero-order valence-corrected chi connectivity index (χ0v) is 20.0. The van der Waals surface area contributed by atoms with Crippen LogP contribution in [-0.4, -0.2) is 19.1 Å². The van der Waals surface area contributed by atoms with E-state index in [4.69, 9.17) is 9.47 Å². The fourth-order valence-electron chi connectivity index (χ4n) is 5.22. The molecule has 0 radical (unpaired) electrons. The van der Waals surface area contributed by atoms with E-state index >= 15 is 0 Å². The number of rotatable bonds is 5. The van der Waals surface area contributed by atoms with Gasteiger partial charge >= 0.3 is 5.97 Å². The van der Waals surface area contributed by atoms with Gasteiger partial charge in [0.15, 0.2) is 5.60 Å². The van der Waals surface area contributed by atoms with Crippen molar-refractivity contribution in [2.75, 3.05) is 23.3 Å². The molecule has 0 amide bonds. The molecule has 4 aromatic carbocycles. The molecule has 4 aromatic rings. The summed E-state index contributed by atoms with van der Waals surface area (Å²) in [6, 6.07) is 25.5. The van der Waals surface area contributed by atoms with Crippen LogP contribution in [0.3, 0.4) is 0 Å². The SMILES string of the molecule is CCN(CC)c1ccc2c(c1)Oc1ccc(Nc3ccc(F)cc3)cc1C21OC(=O)c2ccccc21. The van der Waals surface area contributed by atoms with Gasteiger partial charge in [0.2, 0.25) is 0 Å². The summed E-state index contributed by atoms with van der Waals surface area (Å²) in [5.74, 6) is 0.617. The third-order valence-electron chi connectivity index (χ3n) is 6.96. The molecule has 0 aliphatic carbocycles. The first kappa shape index (κ1) is 22.2. The van der Waals surface area contributed by atoms with Crippen LogP contribution in [0.25, 0.3) is 0 Å². The number of nitrogens with zero attached hydrogens (tertiary/aromatic N) is 1. The summed E-state index contributed by atoms with van der Waals surface area (Å²) in [6.45, 7) is 5.97. The lowest BCUT2D eigenvalue weighted by Crippen LogP contribution is -2.33.